The van der Waals surface area contributed by atoms with Crippen LogP contribution in [0.2, 0.25) is 10.0 Å². The maximum absolute atomic E-state index is 9.39. The van der Waals surface area contributed by atoms with Gasteiger partial charge in [0.05, 0.1) is 27.7 Å². The van der Waals surface area contributed by atoms with E-state index in [9.17, 15) is 5.11 Å². The zero-order valence-corrected chi connectivity index (χ0v) is 18.7. The third-order valence-electron chi connectivity index (χ3n) is 3.90. The first kappa shape index (κ1) is 22.3. The van der Waals surface area contributed by atoms with Gasteiger partial charge in [-0.25, -0.2) is 0 Å². The summed E-state index contributed by atoms with van der Waals surface area (Å²) in [6.45, 7) is 7.33. The van der Waals surface area contributed by atoms with Crippen LogP contribution in [-0.4, -0.2) is 23.9 Å². The van der Waals surface area contributed by atoms with Crippen molar-refractivity contribution in [2.45, 2.75) is 39.5 Å². The predicted octanol–water partition coefficient (Wildman–Crippen LogP) is 5.59. The number of rotatable bonds is 9. The van der Waals surface area contributed by atoms with Crippen molar-refractivity contribution < 1.29 is 14.6 Å². The number of benzene rings is 2. The lowest BCUT2D eigenvalue weighted by atomic mass is 10.1. The largest absolute Gasteiger partial charge is 0.490 e. The van der Waals surface area contributed by atoms with Crippen LogP contribution in [0.25, 0.3) is 0 Å². The summed E-state index contributed by atoms with van der Waals surface area (Å²) in [4.78, 5) is 0. The molecule has 0 spiro atoms. The van der Waals surface area contributed by atoms with Crippen molar-refractivity contribution in [1.82, 2.24) is 5.32 Å². The first-order valence-corrected chi connectivity index (χ1v) is 10.2. The second kappa shape index (κ2) is 9.99. The lowest BCUT2D eigenvalue weighted by Crippen LogP contribution is -2.42. The summed E-state index contributed by atoms with van der Waals surface area (Å²) in [6.07, 6.45) is 0. The van der Waals surface area contributed by atoms with Gasteiger partial charge in [0.1, 0.15) is 6.61 Å². The van der Waals surface area contributed by atoms with E-state index in [1.165, 1.54) is 0 Å². The maximum Gasteiger partial charge on any atom is 0.175 e. The second-order valence-electron chi connectivity index (χ2n) is 6.77. The Hall–Kier alpha value is -0.980. The van der Waals surface area contributed by atoms with E-state index in [1.807, 2.05) is 39.0 Å². The molecule has 0 aliphatic heterocycles. The van der Waals surface area contributed by atoms with Crippen LogP contribution >= 0.6 is 39.1 Å². The van der Waals surface area contributed by atoms with Crippen LogP contribution in [0.5, 0.6) is 11.5 Å². The summed E-state index contributed by atoms with van der Waals surface area (Å²) in [5.41, 5.74) is 1.57. The van der Waals surface area contributed by atoms with Crippen molar-refractivity contribution in [2.75, 3.05) is 13.2 Å². The van der Waals surface area contributed by atoms with Crippen molar-refractivity contribution in [3.8, 4) is 11.5 Å². The molecule has 0 aromatic heterocycles. The molecule has 0 radical (unpaired) electrons. The number of aliphatic hydroxyl groups is 1. The Labute approximate surface area is 178 Å². The van der Waals surface area contributed by atoms with Crippen LogP contribution in [0.4, 0.5) is 0 Å². The molecule has 2 aromatic carbocycles. The molecule has 0 aliphatic rings. The molecular weight excluding hydrogens is 453 g/mol. The van der Waals surface area contributed by atoms with Gasteiger partial charge in [-0.15, -0.1) is 0 Å². The van der Waals surface area contributed by atoms with Gasteiger partial charge in [0, 0.05) is 12.1 Å². The van der Waals surface area contributed by atoms with E-state index in [2.05, 4.69) is 21.2 Å². The number of hydrogen-bond acceptors (Lipinski definition) is 4. The van der Waals surface area contributed by atoms with Crippen LogP contribution in [0, 0.1) is 0 Å². The predicted molar refractivity (Wildman–Crippen MR) is 114 cm³/mol. The molecule has 2 N–H and O–H groups in total. The van der Waals surface area contributed by atoms with Crippen LogP contribution in [0.15, 0.2) is 34.8 Å². The Morgan fingerprint density at radius 2 is 1.81 bits per heavy atom. The van der Waals surface area contributed by atoms with Gasteiger partial charge in [-0.2, -0.15) is 0 Å². The Morgan fingerprint density at radius 1 is 1.07 bits per heavy atom. The molecule has 0 atom stereocenters. The minimum Gasteiger partial charge on any atom is -0.490 e. The van der Waals surface area contributed by atoms with E-state index >= 15 is 0 Å². The summed E-state index contributed by atoms with van der Waals surface area (Å²) < 4.78 is 12.6. The molecule has 27 heavy (non-hydrogen) atoms. The molecule has 4 nitrogen and oxygen atoms in total. The topological polar surface area (TPSA) is 50.7 Å². The third kappa shape index (κ3) is 6.54. The summed E-state index contributed by atoms with van der Waals surface area (Å²) in [5.74, 6) is 1.29. The Morgan fingerprint density at radius 3 is 2.44 bits per heavy atom. The van der Waals surface area contributed by atoms with Crippen molar-refractivity contribution >= 4 is 39.1 Å². The van der Waals surface area contributed by atoms with Gasteiger partial charge in [-0.3, -0.25) is 0 Å². The highest BCUT2D eigenvalue weighted by Crippen LogP contribution is 2.38. The van der Waals surface area contributed by atoms with E-state index in [0.717, 1.165) is 15.6 Å². The van der Waals surface area contributed by atoms with E-state index < -0.39 is 0 Å². The Bertz CT molecular complexity index is 784. The molecule has 0 fully saturated rings. The molecule has 7 heteroatoms. The van der Waals surface area contributed by atoms with Crippen LogP contribution < -0.4 is 14.8 Å². The lowest BCUT2D eigenvalue weighted by Gasteiger charge is -2.24. The number of ether oxygens (including phenoxy) is 2. The molecule has 0 bridgehead atoms. The van der Waals surface area contributed by atoms with Gasteiger partial charge in [-0.1, -0.05) is 29.3 Å². The average molecular weight is 477 g/mol. The molecule has 148 valence electrons. The summed E-state index contributed by atoms with van der Waals surface area (Å²) >= 11 is 15.6. The first-order chi connectivity index (χ1) is 12.8. The molecular formula is C20H24BrCl2NO3. The standard InChI is InChI=1S/C20H24BrCl2NO3/c1-4-26-18-9-14(10-24-20(2,3)12-25)7-15(21)19(18)27-11-13-5-6-16(22)17(23)8-13/h5-9,24-25H,4,10-12H2,1-3H3. The number of halogens is 3. The summed E-state index contributed by atoms with van der Waals surface area (Å²) in [6, 6.07) is 9.33. The molecule has 0 heterocycles. The van der Waals surface area contributed by atoms with E-state index in [4.69, 9.17) is 32.7 Å². The van der Waals surface area contributed by atoms with E-state index in [0.29, 0.717) is 41.3 Å². The highest BCUT2D eigenvalue weighted by atomic mass is 79.9. The molecule has 0 amide bonds. The second-order valence-corrected chi connectivity index (χ2v) is 8.44. The summed E-state index contributed by atoms with van der Waals surface area (Å²) in [7, 11) is 0. The number of hydrogen-bond donors (Lipinski definition) is 2. The fourth-order valence-electron chi connectivity index (χ4n) is 2.31. The minimum atomic E-state index is -0.360. The van der Waals surface area contributed by atoms with Crippen molar-refractivity contribution in [1.29, 1.82) is 0 Å². The smallest absolute Gasteiger partial charge is 0.175 e. The molecule has 2 rings (SSSR count). The van der Waals surface area contributed by atoms with E-state index in [1.54, 1.807) is 12.1 Å². The monoisotopic (exact) mass is 475 g/mol. The van der Waals surface area contributed by atoms with Crippen LogP contribution in [0.3, 0.4) is 0 Å². The fourth-order valence-corrected chi connectivity index (χ4v) is 3.23. The molecule has 0 saturated heterocycles. The first-order valence-electron chi connectivity index (χ1n) is 8.63. The number of aliphatic hydroxyl groups excluding tert-OH is 1. The van der Waals surface area contributed by atoms with Crippen LogP contribution in [-0.2, 0) is 13.2 Å². The zero-order chi connectivity index (χ0) is 20.0. The van der Waals surface area contributed by atoms with Gasteiger partial charge in [0.25, 0.3) is 0 Å². The third-order valence-corrected chi connectivity index (χ3v) is 5.23. The van der Waals surface area contributed by atoms with Crippen LogP contribution in [0.1, 0.15) is 31.9 Å². The quantitative estimate of drug-likeness (QED) is 0.495. The Balaban J connectivity index is 2.18. The number of nitrogens with one attached hydrogen (secondary N) is 1. The average Bonchev–Trinajstić information content (AvgIpc) is 2.62. The van der Waals surface area contributed by atoms with Gasteiger partial charge < -0.3 is 19.9 Å². The highest BCUT2D eigenvalue weighted by Gasteiger charge is 2.17. The van der Waals surface area contributed by atoms with E-state index in [-0.39, 0.29) is 12.1 Å². The molecule has 0 saturated carbocycles. The zero-order valence-electron chi connectivity index (χ0n) is 15.6. The summed E-state index contributed by atoms with van der Waals surface area (Å²) in [5, 5.41) is 13.7. The van der Waals surface area contributed by atoms with Gasteiger partial charge in [0.15, 0.2) is 11.5 Å². The normalized spacial score (nSPS) is 11.5. The fraction of sp³-hybridized carbons (Fsp3) is 0.400. The molecule has 2 aromatic rings. The van der Waals surface area contributed by atoms with Crippen molar-refractivity contribution in [3.63, 3.8) is 0 Å². The van der Waals surface area contributed by atoms with Gasteiger partial charge >= 0.3 is 0 Å². The molecule has 0 unspecified atom stereocenters. The minimum absolute atomic E-state index is 0.0529. The van der Waals surface area contributed by atoms with Gasteiger partial charge in [-0.05, 0) is 72.1 Å². The Kier molecular flexibility index (Phi) is 8.25. The SMILES string of the molecule is CCOc1cc(CNC(C)(C)CO)cc(Br)c1OCc1ccc(Cl)c(Cl)c1. The lowest BCUT2D eigenvalue weighted by molar-refractivity contribution is 0.187. The maximum atomic E-state index is 9.39. The highest BCUT2D eigenvalue weighted by molar-refractivity contribution is 9.10. The van der Waals surface area contributed by atoms with Crippen molar-refractivity contribution in [3.05, 3.63) is 56.0 Å². The molecule has 0 aliphatic carbocycles. The van der Waals surface area contributed by atoms with Crippen molar-refractivity contribution in [2.24, 2.45) is 0 Å². The van der Waals surface area contributed by atoms with Gasteiger partial charge in [0.2, 0.25) is 0 Å².